The number of benzene rings is 1. The fraction of sp³-hybridized carbons (Fsp3) is 0.333. The molecule has 0 aromatic heterocycles. The zero-order valence-corrected chi connectivity index (χ0v) is 9.94. The van der Waals surface area contributed by atoms with Crippen molar-refractivity contribution in [1.29, 1.82) is 0 Å². The van der Waals surface area contributed by atoms with Crippen LogP contribution in [0.1, 0.15) is 0 Å². The van der Waals surface area contributed by atoms with Gasteiger partial charge in [0, 0.05) is 5.02 Å². The van der Waals surface area contributed by atoms with Crippen molar-refractivity contribution in [2.24, 2.45) is 0 Å². The van der Waals surface area contributed by atoms with Crippen molar-refractivity contribution in [3.05, 3.63) is 28.2 Å². The van der Waals surface area contributed by atoms with Crippen LogP contribution in [0, 0.1) is 0 Å². The van der Waals surface area contributed by atoms with Crippen LogP contribution < -0.4 is 0 Å². The average Bonchev–Trinajstić information content (AvgIpc) is 2.92. The molecule has 1 unspecified atom stereocenters. The van der Waals surface area contributed by atoms with Crippen molar-refractivity contribution in [3.8, 4) is 0 Å². The van der Waals surface area contributed by atoms with Crippen molar-refractivity contribution >= 4 is 33.0 Å². The standard InChI is InChI=1S/C9H8Cl2O3S/c10-6-1-2-8(11)9(3-6)15(12,13)5-7-4-14-7/h1-3,7H,4-5H2. The molecule has 15 heavy (non-hydrogen) atoms. The second kappa shape index (κ2) is 3.94. The van der Waals surface area contributed by atoms with Crippen LogP contribution in [0.15, 0.2) is 23.1 Å². The lowest BCUT2D eigenvalue weighted by Crippen LogP contribution is -2.12. The lowest BCUT2D eigenvalue weighted by molar-refractivity contribution is 0.422. The van der Waals surface area contributed by atoms with Crippen LogP contribution in [-0.2, 0) is 14.6 Å². The van der Waals surface area contributed by atoms with Gasteiger partial charge in [-0.05, 0) is 18.2 Å². The maximum Gasteiger partial charge on any atom is 0.182 e. The van der Waals surface area contributed by atoms with E-state index in [0.717, 1.165) is 0 Å². The molecule has 1 atom stereocenters. The van der Waals surface area contributed by atoms with E-state index in [0.29, 0.717) is 11.6 Å². The van der Waals surface area contributed by atoms with E-state index in [1.165, 1.54) is 12.1 Å². The molecule has 0 spiro atoms. The highest BCUT2D eigenvalue weighted by molar-refractivity contribution is 7.91. The Kier molecular flexibility index (Phi) is 2.94. The first-order valence-electron chi connectivity index (χ1n) is 4.28. The second-order valence-electron chi connectivity index (χ2n) is 3.31. The highest BCUT2D eigenvalue weighted by atomic mass is 35.5. The Hall–Kier alpha value is -0.290. The Morgan fingerprint density at radius 2 is 2.07 bits per heavy atom. The lowest BCUT2D eigenvalue weighted by Gasteiger charge is -2.05. The van der Waals surface area contributed by atoms with E-state index < -0.39 is 9.84 Å². The van der Waals surface area contributed by atoms with E-state index in [1.807, 2.05) is 0 Å². The van der Waals surface area contributed by atoms with Gasteiger partial charge in [-0.3, -0.25) is 0 Å². The Morgan fingerprint density at radius 1 is 1.40 bits per heavy atom. The van der Waals surface area contributed by atoms with Crippen LogP contribution in [0.3, 0.4) is 0 Å². The molecule has 0 radical (unpaired) electrons. The summed E-state index contributed by atoms with van der Waals surface area (Å²) < 4.78 is 28.5. The topological polar surface area (TPSA) is 46.7 Å². The molecule has 1 heterocycles. The van der Waals surface area contributed by atoms with Gasteiger partial charge in [0.25, 0.3) is 0 Å². The van der Waals surface area contributed by atoms with Gasteiger partial charge in [-0.25, -0.2) is 8.42 Å². The normalized spacial score (nSPS) is 20.3. The van der Waals surface area contributed by atoms with Crippen molar-refractivity contribution in [3.63, 3.8) is 0 Å². The number of sulfone groups is 1. The van der Waals surface area contributed by atoms with Gasteiger partial charge in [-0.2, -0.15) is 0 Å². The first-order valence-corrected chi connectivity index (χ1v) is 6.69. The molecular weight excluding hydrogens is 259 g/mol. The van der Waals surface area contributed by atoms with Crippen molar-refractivity contribution in [1.82, 2.24) is 0 Å². The number of epoxide rings is 1. The van der Waals surface area contributed by atoms with Gasteiger partial charge in [0.05, 0.1) is 28.4 Å². The third kappa shape index (κ3) is 2.64. The zero-order valence-electron chi connectivity index (χ0n) is 7.61. The fourth-order valence-corrected chi connectivity index (χ4v) is 3.45. The Morgan fingerprint density at radius 3 is 2.67 bits per heavy atom. The highest BCUT2D eigenvalue weighted by Gasteiger charge is 2.31. The average molecular weight is 267 g/mol. The molecule has 1 aromatic rings. The maximum absolute atomic E-state index is 11.8. The number of halogens is 2. The van der Waals surface area contributed by atoms with E-state index in [2.05, 4.69) is 0 Å². The van der Waals surface area contributed by atoms with E-state index in [9.17, 15) is 8.42 Å². The molecule has 0 aliphatic carbocycles. The molecule has 1 aromatic carbocycles. The molecule has 6 heteroatoms. The van der Waals surface area contributed by atoms with Crippen molar-refractivity contribution in [2.75, 3.05) is 12.4 Å². The summed E-state index contributed by atoms with van der Waals surface area (Å²) in [6, 6.07) is 4.39. The zero-order chi connectivity index (χ0) is 11.1. The molecule has 1 fully saturated rings. The van der Waals surface area contributed by atoms with Crippen molar-refractivity contribution in [2.45, 2.75) is 11.0 Å². The summed E-state index contributed by atoms with van der Waals surface area (Å²) in [5.41, 5.74) is 0. The molecule has 0 N–H and O–H groups in total. The third-order valence-electron chi connectivity index (χ3n) is 2.04. The minimum Gasteiger partial charge on any atom is -0.372 e. The predicted molar refractivity (Wildman–Crippen MR) is 58.3 cm³/mol. The largest absolute Gasteiger partial charge is 0.372 e. The SMILES string of the molecule is O=S(=O)(CC1CO1)c1cc(Cl)ccc1Cl. The molecule has 3 nitrogen and oxygen atoms in total. The van der Waals surface area contributed by atoms with Gasteiger partial charge in [0.1, 0.15) is 0 Å². The molecule has 1 saturated heterocycles. The quantitative estimate of drug-likeness (QED) is 0.788. The van der Waals surface area contributed by atoms with Crippen LogP contribution in [-0.4, -0.2) is 26.9 Å². The summed E-state index contributed by atoms with van der Waals surface area (Å²) in [5, 5.41) is 0.551. The van der Waals surface area contributed by atoms with Crippen LogP contribution in [0.25, 0.3) is 0 Å². The molecular formula is C9H8Cl2O3S. The summed E-state index contributed by atoms with van der Waals surface area (Å²) in [6.07, 6.45) is -0.190. The maximum atomic E-state index is 11.8. The van der Waals surface area contributed by atoms with E-state index >= 15 is 0 Å². The van der Waals surface area contributed by atoms with Crippen molar-refractivity contribution < 1.29 is 13.2 Å². The van der Waals surface area contributed by atoms with Gasteiger partial charge < -0.3 is 4.74 Å². The number of rotatable bonds is 3. The van der Waals surface area contributed by atoms with Gasteiger partial charge in [0.2, 0.25) is 0 Å². The van der Waals surface area contributed by atoms with Gasteiger partial charge in [-0.1, -0.05) is 23.2 Å². The highest BCUT2D eigenvalue weighted by Crippen LogP contribution is 2.27. The minimum absolute atomic E-state index is 0.0347. The first kappa shape index (κ1) is 11.2. The van der Waals surface area contributed by atoms with Crippen LogP contribution in [0.5, 0.6) is 0 Å². The smallest absolute Gasteiger partial charge is 0.182 e. The second-order valence-corrected chi connectivity index (χ2v) is 6.16. The minimum atomic E-state index is -3.39. The molecule has 1 aliphatic heterocycles. The van der Waals surface area contributed by atoms with E-state index in [1.54, 1.807) is 6.07 Å². The van der Waals surface area contributed by atoms with Crippen LogP contribution in [0.2, 0.25) is 10.0 Å². The van der Waals surface area contributed by atoms with Gasteiger partial charge >= 0.3 is 0 Å². The number of hydrogen-bond acceptors (Lipinski definition) is 3. The fourth-order valence-electron chi connectivity index (χ4n) is 1.21. The van der Waals surface area contributed by atoms with Crippen LogP contribution >= 0.6 is 23.2 Å². The Labute approximate surface area is 97.9 Å². The monoisotopic (exact) mass is 266 g/mol. The molecule has 82 valence electrons. The molecule has 1 aliphatic rings. The summed E-state index contributed by atoms with van der Waals surface area (Å²) in [7, 11) is -3.39. The molecule has 2 rings (SSSR count). The van der Waals surface area contributed by atoms with E-state index in [-0.39, 0.29) is 21.8 Å². The van der Waals surface area contributed by atoms with Gasteiger partial charge in [0.15, 0.2) is 9.84 Å². The molecule has 0 amide bonds. The van der Waals surface area contributed by atoms with Crippen LogP contribution in [0.4, 0.5) is 0 Å². The van der Waals surface area contributed by atoms with E-state index in [4.69, 9.17) is 27.9 Å². The summed E-state index contributed by atoms with van der Waals surface area (Å²) >= 11 is 11.5. The lowest BCUT2D eigenvalue weighted by atomic mass is 10.4. The van der Waals surface area contributed by atoms with Gasteiger partial charge in [-0.15, -0.1) is 0 Å². The summed E-state index contributed by atoms with van der Waals surface area (Å²) in [6.45, 7) is 0.497. The Balaban J connectivity index is 2.38. The number of ether oxygens (including phenoxy) is 1. The summed E-state index contributed by atoms with van der Waals surface area (Å²) in [5.74, 6) is -0.0347. The number of hydrogen-bond donors (Lipinski definition) is 0. The predicted octanol–water partition coefficient (Wildman–Crippen LogP) is 2.17. The summed E-state index contributed by atoms with van der Waals surface area (Å²) in [4.78, 5) is 0.0761. The third-order valence-corrected chi connectivity index (χ3v) is 4.53. The molecule has 0 saturated carbocycles. The Bertz CT molecular complexity index is 480. The first-order chi connectivity index (χ1) is 6.99. The molecule has 0 bridgehead atoms.